The van der Waals surface area contributed by atoms with Crippen LogP contribution in [-0.4, -0.2) is 44.2 Å². The first-order chi connectivity index (χ1) is 9.40. The first kappa shape index (κ1) is 16.5. The van der Waals surface area contributed by atoms with E-state index in [1.165, 1.54) is 24.1 Å². The number of carbonyl (C=O) groups is 1. The molecule has 1 aromatic rings. The molecule has 0 fully saturated rings. The van der Waals surface area contributed by atoms with E-state index in [-0.39, 0.29) is 25.2 Å². The number of amides is 1. The van der Waals surface area contributed by atoms with E-state index in [4.69, 9.17) is 10.5 Å². The van der Waals surface area contributed by atoms with E-state index in [0.29, 0.717) is 6.61 Å². The minimum atomic E-state index is -4.47. The van der Waals surface area contributed by atoms with Gasteiger partial charge in [0.05, 0.1) is 12.2 Å². The largest absolute Gasteiger partial charge is 0.416 e. The second kappa shape index (κ2) is 7.25. The van der Waals surface area contributed by atoms with E-state index < -0.39 is 17.6 Å². The number of alkyl halides is 3. The van der Waals surface area contributed by atoms with Crippen LogP contribution in [0.5, 0.6) is 0 Å². The summed E-state index contributed by atoms with van der Waals surface area (Å²) in [5, 5.41) is 0. The third kappa shape index (κ3) is 4.50. The summed E-state index contributed by atoms with van der Waals surface area (Å²) in [6.07, 6.45) is -4.47. The predicted molar refractivity (Wildman–Crippen MR) is 68.3 cm³/mol. The lowest BCUT2D eigenvalue weighted by atomic mass is 10.1. The Labute approximate surface area is 115 Å². The van der Waals surface area contributed by atoms with E-state index >= 15 is 0 Å². The number of nitrogens with two attached hydrogens (primary N) is 1. The number of benzene rings is 1. The van der Waals surface area contributed by atoms with Gasteiger partial charge in [0, 0.05) is 32.3 Å². The van der Waals surface area contributed by atoms with E-state index in [1.807, 2.05) is 0 Å². The van der Waals surface area contributed by atoms with Crippen LogP contribution in [-0.2, 0) is 10.9 Å². The lowest BCUT2D eigenvalue weighted by Gasteiger charge is -2.22. The Morgan fingerprint density at radius 1 is 1.35 bits per heavy atom. The SMILES string of the molecule is COCCN(CCN)C(=O)c1cccc(C(F)(F)F)c1. The van der Waals surface area contributed by atoms with E-state index in [9.17, 15) is 18.0 Å². The Bertz CT molecular complexity index is 449. The fourth-order valence-electron chi connectivity index (χ4n) is 1.68. The Hall–Kier alpha value is -1.60. The van der Waals surface area contributed by atoms with Crippen LogP contribution in [0.25, 0.3) is 0 Å². The molecule has 0 aliphatic rings. The Morgan fingerprint density at radius 2 is 2.05 bits per heavy atom. The number of nitrogens with zero attached hydrogens (tertiary/aromatic N) is 1. The van der Waals surface area contributed by atoms with Crippen LogP contribution in [0.15, 0.2) is 24.3 Å². The van der Waals surface area contributed by atoms with Crippen LogP contribution in [0.2, 0.25) is 0 Å². The van der Waals surface area contributed by atoms with Crippen LogP contribution in [0.3, 0.4) is 0 Å². The summed E-state index contributed by atoms with van der Waals surface area (Å²) < 4.78 is 42.7. The molecule has 7 heteroatoms. The number of halogens is 3. The lowest BCUT2D eigenvalue weighted by molar-refractivity contribution is -0.137. The summed E-state index contributed by atoms with van der Waals surface area (Å²) in [5.74, 6) is -0.487. The molecule has 2 N–H and O–H groups in total. The van der Waals surface area contributed by atoms with Crippen LogP contribution >= 0.6 is 0 Å². The second-order valence-electron chi connectivity index (χ2n) is 4.15. The minimum Gasteiger partial charge on any atom is -0.383 e. The van der Waals surface area contributed by atoms with Gasteiger partial charge in [0.1, 0.15) is 0 Å². The molecule has 0 spiro atoms. The van der Waals surface area contributed by atoms with Crippen molar-refractivity contribution in [3.05, 3.63) is 35.4 Å². The normalized spacial score (nSPS) is 11.4. The maximum atomic E-state index is 12.6. The molecule has 0 saturated carbocycles. The van der Waals surface area contributed by atoms with Crippen molar-refractivity contribution in [2.45, 2.75) is 6.18 Å². The summed E-state index contributed by atoms with van der Waals surface area (Å²) in [6.45, 7) is 1.07. The highest BCUT2D eigenvalue weighted by atomic mass is 19.4. The summed E-state index contributed by atoms with van der Waals surface area (Å²) in [6, 6.07) is 4.35. The highest BCUT2D eigenvalue weighted by Gasteiger charge is 2.31. The van der Waals surface area contributed by atoms with Gasteiger partial charge < -0.3 is 15.4 Å². The van der Waals surface area contributed by atoms with Gasteiger partial charge >= 0.3 is 6.18 Å². The van der Waals surface area contributed by atoms with Gasteiger partial charge in [-0.05, 0) is 18.2 Å². The van der Waals surface area contributed by atoms with Gasteiger partial charge in [0.25, 0.3) is 5.91 Å². The molecule has 0 radical (unpaired) electrons. The average Bonchev–Trinajstić information content (AvgIpc) is 2.42. The molecular weight excluding hydrogens is 273 g/mol. The molecule has 112 valence electrons. The molecule has 0 heterocycles. The molecule has 1 rings (SSSR count). The van der Waals surface area contributed by atoms with Gasteiger partial charge in [0.2, 0.25) is 0 Å². The molecule has 1 amide bonds. The zero-order valence-corrected chi connectivity index (χ0v) is 11.1. The third-order valence-electron chi connectivity index (χ3n) is 2.69. The van der Waals surface area contributed by atoms with Crippen molar-refractivity contribution >= 4 is 5.91 Å². The molecule has 0 aliphatic carbocycles. The first-order valence-corrected chi connectivity index (χ1v) is 6.05. The van der Waals surface area contributed by atoms with Gasteiger partial charge in [-0.3, -0.25) is 4.79 Å². The highest BCUT2D eigenvalue weighted by Crippen LogP contribution is 2.29. The van der Waals surface area contributed by atoms with Crippen LogP contribution in [0, 0.1) is 0 Å². The number of carbonyl (C=O) groups excluding carboxylic acids is 1. The number of methoxy groups -OCH3 is 1. The van der Waals surface area contributed by atoms with E-state index in [1.54, 1.807) is 0 Å². The van der Waals surface area contributed by atoms with Crippen molar-refractivity contribution in [1.29, 1.82) is 0 Å². The number of hydrogen-bond acceptors (Lipinski definition) is 3. The molecule has 0 saturated heterocycles. The third-order valence-corrected chi connectivity index (χ3v) is 2.69. The zero-order valence-electron chi connectivity index (χ0n) is 11.1. The molecule has 0 unspecified atom stereocenters. The van der Waals surface area contributed by atoms with Crippen molar-refractivity contribution in [3.8, 4) is 0 Å². The number of ether oxygens (including phenoxy) is 1. The smallest absolute Gasteiger partial charge is 0.383 e. The average molecular weight is 290 g/mol. The van der Waals surface area contributed by atoms with Crippen molar-refractivity contribution in [1.82, 2.24) is 4.90 Å². The monoisotopic (exact) mass is 290 g/mol. The van der Waals surface area contributed by atoms with Gasteiger partial charge in [-0.25, -0.2) is 0 Å². The number of rotatable bonds is 6. The van der Waals surface area contributed by atoms with Crippen LogP contribution < -0.4 is 5.73 Å². The molecule has 1 aromatic carbocycles. The van der Waals surface area contributed by atoms with Crippen LogP contribution in [0.4, 0.5) is 13.2 Å². The van der Waals surface area contributed by atoms with Crippen molar-refractivity contribution in [2.75, 3.05) is 33.4 Å². The molecule has 4 nitrogen and oxygen atoms in total. The molecule has 0 aromatic heterocycles. The maximum absolute atomic E-state index is 12.6. The Balaban J connectivity index is 2.93. The minimum absolute atomic E-state index is 0.00984. The van der Waals surface area contributed by atoms with Crippen molar-refractivity contribution < 1.29 is 22.7 Å². The predicted octanol–water partition coefficient (Wildman–Crippen LogP) is 1.75. The van der Waals surface area contributed by atoms with E-state index in [2.05, 4.69) is 0 Å². The second-order valence-corrected chi connectivity index (χ2v) is 4.15. The number of hydrogen-bond donors (Lipinski definition) is 1. The van der Waals surface area contributed by atoms with Gasteiger partial charge in [-0.1, -0.05) is 6.07 Å². The first-order valence-electron chi connectivity index (χ1n) is 6.05. The maximum Gasteiger partial charge on any atom is 0.416 e. The summed E-state index contributed by atoms with van der Waals surface area (Å²) in [5.41, 5.74) is 4.55. The quantitative estimate of drug-likeness (QED) is 0.868. The Morgan fingerprint density at radius 3 is 2.60 bits per heavy atom. The lowest BCUT2D eigenvalue weighted by Crippen LogP contribution is -2.37. The van der Waals surface area contributed by atoms with E-state index in [0.717, 1.165) is 12.1 Å². The summed E-state index contributed by atoms with van der Waals surface area (Å²) in [7, 11) is 1.48. The molecule has 0 bridgehead atoms. The van der Waals surface area contributed by atoms with Gasteiger partial charge in [0.15, 0.2) is 0 Å². The fourth-order valence-corrected chi connectivity index (χ4v) is 1.68. The molecule has 0 atom stereocenters. The molecular formula is C13H17F3N2O2. The zero-order chi connectivity index (χ0) is 15.2. The summed E-state index contributed by atoms with van der Waals surface area (Å²) in [4.78, 5) is 13.5. The van der Waals surface area contributed by atoms with Crippen molar-refractivity contribution in [2.24, 2.45) is 5.73 Å². The summed E-state index contributed by atoms with van der Waals surface area (Å²) >= 11 is 0. The van der Waals surface area contributed by atoms with Gasteiger partial charge in [-0.15, -0.1) is 0 Å². The molecule has 0 aliphatic heterocycles. The highest BCUT2D eigenvalue weighted by molar-refractivity contribution is 5.94. The van der Waals surface area contributed by atoms with Gasteiger partial charge in [-0.2, -0.15) is 13.2 Å². The van der Waals surface area contributed by atoms with Crippen LogP contribution in [0.1, 0.15) is 15.9 Å². The topological polar surface area (TPSA) is 55.6 Å². The Kier molecular flexibility index (Phi) is 5.97. The molecule has 20 heavy (non-hydrogen) atoms. The van der Waals surface area contributed by atoms with Crippen molar-refractivity contribution in [3.63, 3.8) is 0 Å². The fraction of sp³-hybridized carbons (Fsp3) is 0.462. The standard InChI is InChI=1S/C13H17F3N2O2/c1-20-8-7-18(6-5-17)12(19)10-3-2-4-11(9-10)13(14,15)16/h2-4,9H,5-8,17H2,1H3.